The number of nitrogens with zero attached hydrogens (tertiary/aromatic N) is 1. The van der Waals surface area contributed by atoms with E-state index in [1.54, 1.807) is 0 Å². The number of β-amino-alcohol motifs (C(OH)–C–C–N with tert-alkyl or cyclic N) is 1. The fourth-order valence-electron chi connectivity index (χ4n) is 2.55. The summed E-state index contributed by atoms with van der Waals surface area (Å²) in [6.07, 6.45) is -0.581. The standard InChI is InChI=1S/C15H20BNO8S/c1-25-10-3-2-8(14(20)13(10)15(21)22)4-11(16(23)24)26-7-12(19)17-5-9(18)6-17/h2-3,9,11,18,20,23-24H,4-7H2,1H3,(H,21,22)/t11-/m0/s1. The number of aromatic hydroxyl groups is 1. The Bertz CT molecular complexity index is 680. The van der Waals surface area contributed by atoms with Crippen molar-refractivity contribution in [3.05, 3.63) is 23.3 Å². The maximum absolute atomic E-state index is 11.9. The summed E-state index contributed by atoms with van der Waals surface area (Å²) in [6, 6.07) is 2.81. The maximum Gasteiger partial charge on any atom is 0.465 e. The van der Waals surface area contributed by atoms with Crippen molar-refractivity contribution in [2.75, 3.05) is 26.0 Å². The van der Waals surface area contributed by atoms with Crippen molar-refractivity contribution < 1.29 is 39.7 Å². The summed E-state index contributed by atoms with van der Waals surface area (Å²) in [5.41, 5.74) is -0.215. The number of methoxy groups -OCH3 is 1. The smallest absolute Gasteiger partial charge is 0.465 e. The van der Waals surface area contributed by atoms with Gasteiger partial charge in [0.25, 0.3) is 0 Å². The highest BCUT2D eigenvalue weighted by molar-refractivity contribution is 8.01. The molecule has 1 aliphatic rings. The molecule has 2 rings (SSSR count). The molecule has 26 heavy (non-hydrogen) atoms. The number of carboxylic acid groups (broad SMARTS) is 1. The molecule has 0 aromatic heterocycles. The number of thioether (sulfide) groups is 1. The van der Waals surface area contributed by atoms with Crippen LogP contribution in [0.1, 0.15) is 15.9 Å². The second-order valence-corrected chi connectivity index (χ2v) is 7.10. The molecule has 1 saturated heterocycles. The number of benzene rings is 1. The van der Waals surface area contributed by atoms with Gasteiger partial charge in [0.05, 0.1) is 19.0 Å². The third-order valence-corrected chi connectivity index (χ3v) is 5.30. The van der Waals surface area contributed by atoms with Crippen LogP contribution in [0.15, 0.2) is 12.1 Å². The molecule has 0 unspecified atom stereocenters. The first-order chi connectivity index (χ1) is 12.2. The third kappa shape index (κ3) is 4.61. The molecule has 0 spiro atoms. The van der Waals surface area contributed by atoms with Crippen LogP contribution in [0, 0.1) is 0 Å². The van der Waals surface area contributed by atoms with Crippen molar-refractivity contribution in [2.45, 2.75) is 17.7 Å². The van der Waals surface area contributed by atoms with Gasteiger partial charge in [0.1, 0.15) is 17.1 Å². The predicted octanol–water partition coefficient (Wildman–Crippen LogP) is -1.04. The molecule has 5 N–H and O–H groups in total. The molecule has 1 heterocycles. The van der Waals surface area contributed by atoms with Crippen molar-refractivity contribution in [1.82, 2.24) is 4.90 Å². The van der Waals surface area contributed by atoms with Crippen molar-refractivity contribution in [1.29, 1.82) is 0 Å². The summed E-state index contributed by atoms with van der Waals surface area (Å²) in [4.78, 5) is 24.7. The van der Waals surface area contributed by atoms with E-state index in [0.717, 1.165) is 11.8 Å². The summed E-state index contributed by atoms with van der Waals surface area (Å²) >= 11 is 0.982. The molecule has 142 valence electrons. The Morgan fingerprint density at radius 3 is 2.54 bits per heavy atom. The highest BCUT2D eigenvalue weighted by atomic mass is 32.2. The van der Waals surface area contributed by atoms with Gasteiger partial charge in [-0.25, -0.2) is 4.79 Å². The molecule has 9 nitrogen and oxygen atoms in total. The number of hydrogen-bond donors (Lipinski definition) is 5. The van der Waals surface area contributed by atoms with Crippen LogP contribution in [0.4, 0.5) is 0 Å². The molecule has 1 aromatic carbocycles. The van der Waals surface area contributed by atoms with E-state index in [4.69, 9.17) is 4.74 Å². The van der Waals surface area contributed by atoms with Gasteiger partial charge < -0.3 is 35.0 Å². The molecule has 1 atom stereocenters. The number of likely N-dealkylation sites (tertiary alicyclic amines) is 1. The monoisotopic (exact) mass is 385 g/mol. The average Bonchev–Trinajstić information content (AvgIpc) is 2.55. The Morgan fingerprint density at radius 1 is 1.38 bits per heavy atom. The molecule has 1 amide bonds. The molecule has 0 bridgehead atoms. The van der Waals surface area contributed by atoms with Crippen LogP contribution in [0.2, 0.25) is 0 Å². The zero-order valence-corrected chi connectivity index (χ0v) is 14.8. The first-order valence-electron chi connectivity index (χ1n) is 7.80. The molecular formula is C15H20BNO8S. The van der Waals surface area contributed by atoms with Gasteiger partial charge in [-0.15, -0.1) is 0 Å². The minimum Gasteiger partial charge on any atom is -0.507 e. The SMILES string of the molecule is COc1ccc(C[C@H](SCC(=O)N2CC(O)C2)B(O)O)c(O)c1C(=O)O. The van der Waals surface area contributed by atoms with Gasteiger partial charge >= 0.3 is 13.1 Å². The van der Waals surface area contributed by atoms with Crippen LogP contribution in [-0.2, 0) is 11.2 Å². The summed E-state index contributed by atoms with van der Waals surface area (Å²) in [5, 5.41) is 46.9. The number of ether oxygens (including phenoxy) is 1. The predicted molar refractivity (Wildman–Crippen MR) is 94.3 cm³/mol. The zero-order chi connectivity index (χ0) is 19.4. The average molecular weight is 385 g/mol. The number of carboxylic acids is 1. The molecule has 0 saturated carbocycles. The molecule has 0 aliphatic carbocycles. The largest absolute Gasteiger partial charge is 0.507 e. The zero-order valence-electron chi connectivity index (χ0n) is 14.0. The molecule has 1 aromatic rings. The van der Waals surface area contributed by atoms with E-state index in [9.17, 15) is 35.0 Å². The summed E-state index contributed by atoms with van der Waals surface area (Å²) in [6.45, 7) is 0.514. The van der Waals surface area contributed by atoms with E-state index >= 15 is 0 Å². The number of carbonyl (C=O) groups is 2. The number of amides is 1. The number of hydrogen-bond acceptors (Lipinski definition) is 8. The van der Waals surface area contributed by atoms with Crippen LogP contribution in [-0.4, -0.2) is 86.5 Å². The number of aliphatic hydroxyl groups is 1. The highest BCUT2D eigenvalue weighted by Gasteiger charge is 2.32. The first kappa shape index (κ1) is 20.4. The lowest BCUT2D eigenvalue weighted by molar-refractivity contribution is -0.138. The number of carbonyl (C=O) groups excluding carboxylic acids is 1. The van der Waals surface area contributed by atoms with Gasteiger partial charge in [0.15, 0.2) is 0 Å². The van der Waals surface area contributed by atoms with E-state index in [2.05, 4.69) is 0 Å². The van der Waals surface area contributed by atoms with Crippen LogP contribution in [0.5, 0.6) is 11.5 Å². The Kier molecular flexibility index (Phi) is 6.76. The second kappa shape index (κ2) is 8.63. The van der Waals surface area contributed by atoms with Crippen molar-refractivity contribution >= 4 is 30.8 Å². The minimum atomic E-state index is -1.77. The Morgan fingerprint density at radius 2 is 2.04 bits per heavy atom. The summed E-state index contributed by atoms with van der Waals surface area (Å²) < 4.78 is 4.91. The molecule has 11 heteroatoms. The normalized spacial score (nSPS) is 15.3. The van der Waals surface area contributed by atoms with E-state index in [-0.39, 0.29) is 42.5 Å². The van der Waals surface area contributed by atoms with Gasteiger partial charge in [0.2, 0.25) is 5.91 Å². The quantitative estimate of drug-likeness (QED) is 0.354. The number of rotatable bonds is 8. The fraction of sp³-hybridized carbons (Fsp3) is 0.467. The van der Waals surface area contributed by atoms with Gasteiger partial charge in [0, 0.05) is 18.2 Å². The molecule has 1 aliphatic heterocycles. The van der Waals surface area contributed by atoms with E-state index in [1.807, 2.05) is 0 Å². The topological polar surface area (TPSA) is 148 Å². The van der Waals surface area contributed by atoms with E-state index in [0.29, 0.717) is 0 Å². The Balaban J connectivity index is 2.08. The van der Waals surface area contributed by atoms with Gasteiger partial charge in [-0.2, -0.15) is 11.8 Å². The first-order valence-corrected chi connectivity index (χ1v) is 8.85. The third-order valence-electron chi connectivity index (χ3n) is 4.05. The highest BCUT2D eigenvalue weighted by Crippen LogP contribution is 2.33. The number of phenols is 1. The van der Waals surface area contributed by atoms with Crippen LogP contribution in [0.3, 0.4) is 0 Å². The van der Waals surface area contributed by atoms with Gasteiger partial charge in [-0.1, -0.05) is 6.07 Å². The van der Waals surface area contributed by atoms with Crippen LogP contribution in [0.25, 0.3) is 0 Å². The van der Waals surface area contributed by atoms with Gasteiger partial charge in [-0.05, 0) is 18.1 Å². The van der Waals surface area contributed by atoms with E-state index in [1.165, 1.54) is 24.1 Å². The van der Waals surface area contributed by atoms with Gasteiger partial charge in [-0.3, -0.25) is 4.79 Å². The van der Waals surface area contributed by atoms with Crippen molar-refractivity contribution in [2.24, 2.45) is 0 Å². The number of aromatic carboxylic acids is 1. The lowest BCUT2D eigenvalue weighted by atomic mass is 9.81. The lowest BCUT2D eigenvalue weighted by Gasteiger charge is -2.36. The Labute approximate surface area is 154 Å². The Hall–Kier alpha value is -1.95. The minimum absolute atomic E-state index is 0.0148. The maximum atomic E-state index is 11.9. The van der Waals surface area contributed by atoms with Crippen molar-refractivity contribution in [3.63, 3.8) is 0 Å². The van der Waals surface area contributed by atoms with Crippen LogP contribution < -0.4 is 4.74 Å². The summed E-state index contributed by atoms with van der Waals surface area (Å²) in [7, 11) is -0.500. The lowest BCUT2D eigenvalue weighted by Crippen LogP contribution is -2.54. The van der Waals surface area contributed by atoms with E-state index < -0.39 is 35.7 Å². The number of aliphatic hydroxyl groups excluding tert-OH is 1. The van der Waals surface area contributed by atoms with Crippen LogP contribution >= 0.6 is 11.8 Å². The van der Waals surface area contributed by atoms with Crippen molar-refractivity contribution in [3.8, 4) is 11.5 Å². The molecular weight excluding hydrogens is 365 g/mol. The second-order valence-electron chi connectivity index (χ2n) is 5.88. The summed E-state index contributed by atoms with van der Waals surface area (Å²) in [5.74, 6) is -2.17. The molecule has 1 fully saturated rings. The molecule has 0 radical (unpaired) electrons. The fourth-order valence-corrected chi connectivity index (χ4v) is 3.56.